The van der Waals surface area contributed by atoms with E-state index in [0.717, 1.165) is 11.5 Å². The fourth-order valence-corrected chi connectivity index (χ4v) is 2.86. The average molecular weight is 402 g/mol. The van der Waals surface area contributed by atoms with Crippen molar-refractivity contribution in [1.29, 1.82) is 0 Å². The zero-order valence-corrected chi connectivity index (χ0v) is 16.8. The van der Waals surface area contributed by atoms with Gasteiger partial charge in [-0.2, -0.15) is 0 Å². The van der Waals surface area contributed by atoms with E-state index in [0.29, 0.717) is 33.5 Å². The van der Waals surface area contributed by atoms with E-state index < -0.39 is 6.35 Å². The Labute approximate surface area is 166 Å². The van der Waals surface area contributed by atoms with E-state index in [1.54, 1.807) is 37.3 Å². The van der Waals surface area contributed by atoms with E-state index in [4.69, 9.17) is 4.52 Å². The predicted octanol–water partition coefficient (Wildman–Crippen LogP) is 3.18. The molecule has 0 radical (unpaired) electrons. The Bertz CT molecular complexity index is 945. The second-order valence-corrected chi connectivity index (χ2v) is 7.99. The maximum absolute atomic E-state index is 12.2. The molecule has 0 fully saturated rings. The van der Waals surface area contributed by atoms with Crippen LogP contribution in [0, 0.1) is 6.92 Å². The van der Waals surface area contributed by atoms with Crippen molar-refractivity contribution in [2.24, 2.45) is 0 Å². The number of nitrogens with zero attached hydrogens (tertiary/aromatic N) is 3. The van der Waals surface area contributed by atoms with E-state index >= 15 is 0 Å². The molecule has 4 N–H and O–H groups in total. The molecule has 0 bridgehead atoms. The van der Waals surface area contributed by atoms with E-state index in [2.05, 4.69) is 30.7 Å². The van der Waals surface area contributed by atoms with Crippen molar-refractivity contribution in [3.05, 3.63) is 46.7 Å². The van der Waals surface area contributed by atoms with Gasteiger partial charge in [0.05, 0.1) is 5.69 Å². The molecule has 0 saturated heterocycles. The van der Waals surface area contributed by atoms with Crippen molar-refractivity contribution >= 4 is 34.6 Å². The van der Waals surface area contributed by atoms with E-state index in [1.807, 2.05) is 20.8 Å². The number of amides is 1. The molecule has 0 spiro atoms. The first-order chi connectivity index (χ1) is 13.2. The number of aliphatic hydroxyl groups is 1. The topological polar surface area (TPSA) is 125 Å². The maximum Gasteiger partial charge on any atom is 0.269 e. The highest BCUT2D eigenvalue weighted by Crippen LogP contribution is 2.24. The fourth-order valence-electron chi connectivity index (χ4n) is 2.31. The molecule has 2 aromatic heterocycles. The maximum atomic E-state index is 12.2. The third-order valence-electron chi connectivity index (χ3n) is 3.84. The molecule has 3 rings (SSSR count). The minimum atomic E-state index is -1.07. The quantitative estimate of drug-likeness (QED) is 0.463. The van der Waals surface area contributed by atoms with Crippen molar-refractivity contribution in [2.45, 2.75) is 39.5 Å². The van der Waals surface area contributed by atoms with E-state index in [1.165, 1.54) is 0 Å². The van der Waals surface area contributed by atoms with Crippen LogP contribution in [0.3, 0.4) is 0 Å². The third kappa shape index (κ3) is 4.84. The standard InChI is InChI=1S/C18H22N6O3S/c1-10-15(28-24-22-10)16(25)19-11-5-7-12(8-6-11)20-17(26)21-14-9-13(27-23-14)18(2,3)4/h5-9,17,20,26H,1-4H3,(H,19,25)(H,21,23). The first kappa shape index (κ1) is 19.8. The number of anilines is 3. The lowest BCUT2D eigenvalue weighted by Crippen LogP contribution is -2.28. The number of nitrogens with one attached hydrogen (secondary N) is 3. The lowest BCUT2D eigenvalue weighted by Gasteiger charge is -2.15. The summed E-state index contributed by atoms with van der Waals surface area (Å²) in [5.41, 5.74) is 1.71. The molecule has 1 amide bonds. The molecule has 1 atom stereocenters. The summed E-state index contributed by atoms with van der Waals surface area (Å²) in [5, 5.41) is 26.4. The van der Waals surface area contributed by atoms with Crippen LogP contribution in [0.15, 0.2) is 34.9 Å². The number of aryl methyl sites for hydroxylation is 1. The van der Waals surface area contributed by atoms with Crippen molar-refractivity contribution in [1.82, 2.24) is 14.7 Å². The van der Waals surface area contributed by atoms with Gasteiger partial charge in [-0.1, -0.05) is 30.4 Å². The van der Waals surface area contributed by atoms with Crippen LogP contribution < -0.4 is 16.0 Å². The summed E-state index contributed by atoms with van der Waals surface area (Å²) in [6.45, 7) is 7.77. The van der Waals surface area contributed by atoms with Crippen LogP contribution in [0.1, 0.15) is 41.9 Å². The smallest absolute Gasteiger partial charge is 0.269 e. The Morgan fingerprint density at radius 2 is 1.86 bits per heavy atom. The lowest BCUT2D eigenvalue weighted by atomic mass is 9.93. The molecule has 2 heterocycles. The molecule has 0 saturated carbocycles. The minimum Gasteiger partial charge on any atom is -0.359 e. The van der Waals surface area contributed by atoms with Gasteiger partial charge in [0.25, 0.3) is 5.91 Å². The summed E-state index contributed by atoms with van der Waals surface area (Å²) in [7, 11) is 0. The summed E-state index contributed by atoms with van der Waals surface area (Å²) >= 11 is 1.05. The molecule has 1 aromatic carbocycles. The Hall–Kier alpha value is -2.98. The van der Waals surface area contributed by atoms with Crippen LogP contribution in [0.2, 0.25) is 0 Å². The third-order valence-corrected chi connectivity index (χ3v) is 4.66. The average Bonchev–Trinajstić information content (AvgIpc) is 3.25. The summed E-state index contributed by atoms with van der Waals surface area (Å²) in [6, 6.07) is 8.68. The summed E-state index contributed by atoms with van der Waals surface area (Å²) in [5.74, 6) is 0.895. The Morgan fingerprint density at radius 3 is 2.43 bits per heavy atom. The van der Waals surface area contributed by atoms with Crippen molar-refractivity contribution in [2.75, 3.05) is 16.0 Å². The van der Waals surface area contributed by atoms with Crippen LogP contribution in [0.4, 0.5) is 17.2 Å². The fraction of sp³-hybridized carbons (Fsp3) is 0.333. The predicted molar refractivity (Wildman–Crippen MR) is 107 cm³/mol. The number of aliphatic hydroxyl groups excluding tert-OH is 1. The molecule has 3 aromatic rings. The minimum absolute atomic E-state index is 0.167. The number of carbonyl (C=O) groups excluding carboxylic acids is 1. The van der Waals surface area contributed by atoms with Crippen molar-refractivity contribution in [3.8, 4) is 0 Å². The number of benzene rings is 1. The molecular formula is C18H22N6O3S. The number of carbonyl (C=O) groups is 1. The molecule has 0 aliphatic rings. The van der Waals surface area contributed by atoms with Crippen molar-refractivity contribution < 1.29 is 14.4 Å². The van der Waals surface area contributed by atoms with Crippen LogP contribution in [-0.2, 0) is 5.41 Å². The van der Waals surface area contributed by atoms with Gasteiger partial charge in [-0.15, -0.1) is 5.10 Å². The Morgan fingerprint density at radius 1 is 1.18 bits per heavy atom. The summed E-state index contributed by atoms with van der Waals surface area (Å²) < 4.78 is 9.03. The van der Waals surface area contributed by atoms with Gasteiger partial charge in [0, 0.05) is 22.9 Å². The van der Waals surface area contributed by atoms with Gasteiger partial charge in [-0.3, -0.25) is 4.79 Å². The molecule has 9 nitrogen and oxygen atoms in total. The highest BCUT2D eigenvalue weighted by molar-refractivity contribution is 7.08. The Kier molecular flexibility index (Phi) is 5.61. The van der Waals surface area contributed by atoms with Gasteiger partial charge in [0.1, 0.15) is 10.6 Å². The van der Waals surface area contributed by atoms with Crippen LogP contribution in [0.25, 0.3) is 0 Å². The molecule has 1 unspecified atom stereocenters. The first-order valence-corrected chi connectivity index (χ1v) is 9.38. The largest absolute Gasteiger partial charge is 0.359 e. The summed E-state index contributed by atoms with van der Waals surface area (Å²) in [6.07, 6.45) is -1.07. The van der Waals surface area contributed by atoms with Crippen molar-refractivity contribution in [3.63, 3.8) is 0 Å². The van der Waals surface area contributed by atoms with Gasteiger partial charge >= 0.3 is 0 Å². The molecule has 28 heavy (non-hydrogen) atoms. The van der Waals surface area contributed by atoms with Crippen LogP contribution in [0.5, 0.6) is 0 Å². The molecule has 10 heteroatoms. The summed E-state index contributed by atoms with van der Waals surface area (Å²) in [4.78, 5) is 12.6. The molecular weight excluding hydrogens is 380 g/mol. The number of rotatable bonds is 6. The monoisotopic (exact) mass is 402 g/mol. The van der Waals surface area contributed by atoms with Gasteiger partial charge in [-0.25, -0.2) is 0 Å². The number of aromatic nitrogens is 3. The highest BCUT2D eigenvalue weighted by Gasteiger charge is 2.20. The van der Waals surface area contributed by atoms with Crippen LogP contribution >= 0.6 is 11.5 Å². The van der Waals surface area contributed by atoms with E-state index in [9.17, 15) is 9.90 Å². The Balaban J connectivity index is 1.55. The van der Waals surface area contributed by atoms with Gasteiger partial charge in [0.15, 0.2) is 5.82 Å². The van der Waals surface area contributed by atoms with E-state index in [-0.39, 0.29) is 11.3 Å². The van der Waals surface area contributed by atoms with Crippen LogP contribution in [-0.4, -0.2) is 32.1 Å². The lowest BCUT2D eigenvalue weighted by molar-refractivity contribution is 0.103. The molecule has 148 valence electrons. The zero-order chi connectivity index (χ0) is 20.3. The number of hydrogen-bond donors (Lipinski definition) is 4. The zero-order valence-electron chi connectivity index (χ0n) is 16.0. The van der Waals surface area contributed by atoms with Gasteiger partial charge in [-0.05, 0) is 42.7 Å². The first-order valence-electron chi connectivity index (χ1n) is 8.61. The van der Waals surface area contributed by atoms with Gasteiger partial charge < -0.3 is 25.6 Å². The molecule has 0 aliphatic heterocycles. The SMILES string of the molecule is Cc1nnsc1C(=O)Nc1ccc(NC(O)Nc2cc(C(C)(C)C)on2)cc1. The normalized spacial score (nSPS) is 12.5. The highest BCUT2D eigenvalue weighted by atomic mass is 32.1. The number of hydrogen-bond acceptors (Lipinski definition) is 9. The van der Waals surface area contributed by atoms with Gasteiger partial charge in [0.2, 0.25) is 6.35 Å². The molecule has 0 aliphatic carbocycles. The second kappa shape index (κ2) is 7.95. The second-order valence-electron chi connectivity index (χ2n) is 7.24.